The van der Waals surface area contributed by atoms with Crippen molar-refractivity contribution in [1.29, 1.82) is 0 Å². The van der Waals surface area contributed by atoms with Gasteiger partial charge < -0.3 is 5.11 Å². The third-order valence-corrected chi connectivity index (χ3v) is 5.23. The fraction of sp³-hybridized carbons (Fsp3) is 0.111. The van der Waals surface area contributed by atoms with E-state index in [1.807, 2.05) is 44.2 Å². The van der Waals surface area contributed by atoms with Gasteiger partial charge in [0.05, 0.1) is 9.40 Å². The normalized spacial score (nSPS) is 10.5. The van der Waals surface area contributed by atoms with Crippen LogP contribution in [0.4, 0.5) is 0 Å². The van der Waals surface area contributed by atoms with Crippen molar-refractivity contribution in [2.45, 2.75) is 13.8 Å². The molecule has 0 saturated carbocycles. The summed E-state index contributed by atoms with van der Waals surface area (Å²) in [7, 11) is 0. The van der Waals surface area contributed by atoms with Crippen molar-refractivity contribution in [3.63, 3.8) is 0 Å². The number of rotatable bonds is 2. The minimum atomic E-state index is -0.963. The average Bonchev–Trinajstić information content (AvgIpc) is 3.18. The number of benzene rings is 2. The predicted molar refractivity (Wildman–Crippen MR) is 101 cm³/mol. The topological polar surface area (TPSA) is 80.1 Å². The van der Waals surface area contributed by atoms with Gasteiger partial charge in [-0.1, -0.05) is 24.3 Å². The molecule has 2 aromatic heterocycles. The van der Waals surface area contributed by atoms with Crippen molar-refractivity contribution in [3.8, 4) is 0 Å². The molecule has 0 amide bonds. The van der Waals surface area contributed by atoms with Crippen molar-refractivity contribution in [1.82, 2.24) is 8.75 Å². The fourth-order valence-electron chi connectivity index (χ4n) is 2.35. The number of aryl methyl sites for hydroxylation is 2. The Kier molecular flexibility index (Phi) is 4.87. The van der Waals surface area contributed by atoms with Crippen LogP contribution in [0, 0.1) is 13.8 Å². The van der Waals surface area contributed by atoms with Gasteiger partial charge in [0.1, 0.15) is 5.69 Å². The van der Waals surface area contributed by atoms with Crippen molar-refractivity contribution in [2.75, 3.05) is 0 Å². The number of nitrogens with zero attached hydrogens (tertiary/aromatic N) is 2. The Bertz CT molecular complexity index is 1080. The number of hydrogen-bond donors (Lipinski definition) is 1. The lowest BCUT2D eigenvalue weighted by Crippen LogP contribution is -1.95. The van der Waals surface area contributed by atoms with Gasteiger partial charge in [0.15, 0.2) is 12.0 Å². The number of aldehydes is 1. The van der Waals surface area contributed by atoms with Crippen LogP contribution >= 0.6 is 23.1 Å². The molecule has 2 heterocycles. The molecule has 0 radical (unpaired) electrons. The van der Waals surface area contributed by atoms with Crippen molar-refractivity contribution >= 4 is 55.5 Å². The van der Waals surface area contributed by atoms with Gasteiger partial charge >= 0.3 is 5.97 Å². The summed E-state index contributed by atoms with van der Waals surface area (Å²) in [5.41, 5.74) is 3.02. The fourth-order valence-corrected chi connectivity index (χ4v) is 4.06. The molecule has 0 aliphatic rings. The van der Waals surface area contributed by atoms with Crippen LogP contribution in [0.15, 0.2) is 36.4 Å². The number of fused-ring (bicyclic) bond motifs is 2. The first-order valence-corrected chi connectivity index (χ1v) is 8.95. The molecule has 0 bridgehead atoms. The molecule has 4 rings (SSSR count). The quantitative estimate of drug-likeness (QED) is 0.516. The molecule has 0 aliphatic carbocycles. The van der Waals surface area contributed by atoms with Crippen molar-refractivity contribution < 1.29 is 14.7 Å². The number of carbonyl (C=O) groups excluding carboxylic acids is 1. The van der Waals surface area contributed by atoms with Crippen molar-refractivity contribution in [2.24, 2.45) is 0 Å². The van der Waals surface area contributed by atoms with E-state index in [0.29, 0.717) is 5.69 Å². The minimum absolute atomic E-state index is 0.153. The Hall–Kier alpha value is -2.64. The molecule has 25 heavy (non-hydrogen) atoms. The number of carboxylic acid groups (broad SMARTS) is 1. The Labute approximate surface area is 151 Å². The number of hydrogen-bond acceptors (Lipinski definition) is 6. The first-order chi connectivity index (χ1) is 12.0. The maximum Gasteiger partial charge on any atom is 0.356 e. The summed E-state index contributed by atoms with van der Waals surface area (Å²) in [4.78, 5) is 21.2. The highest BCUT2D eigenvalue weighted by atomic mass is 32.1. The lowest BCUT2D eigenvalue weighted by Gasteiger charge is -1.91. The van der Waals surface area contributed by atoms with Gasteiger partial charge in [0.25, 0.3) is 0 Å². The second-order valence-electron chi connectivity index (χ2n) is 5.52. The zero-order valence-corrected chi connectivity index (χ0v) is 15.1. The van der Waals surface area contributed by atoms with Crippen molar-refractivity contribution in [3.05, 3.63) is 58.9 Å². The molecule has 0 unspecified atom stereocenters. The van der Waals surface area contributed by atoms with Gasteiger partial charge in [0.2, 0.25) is 0 Å². The SMILES string of the molecule is Cc1ccc2c(C(=O)O)nsc2c1.Cc1ccc2c(C=O)nsc2c1. The molecule has 0 saturated heterocycles. The molecule has 126 valence electrons. The monoisotopic (exact) mass is 370 g/mol. The summed E-state index contributed by atoms with van der Waals surface area (Å²) in [6.45, 7) is 4.00. The maximum absolute atomic E-state index is 10.7. The summed E-state index contributed by atoms with van der Waals surface area (Å²) in [6, 6.07) is 11.6. The molecule has 0 spiro atoms. The number of aromatic nitrogens is 2. The van der Waals surface area contributed by atoms with Crippen LogP contribution in [0.3, 0.4) is 0 Å². The predicted octanol–water partition coefficient (Wildman–Crippen LogP) is 4.72. The largest absolute Gasteiger partial charge is 0.476 e. The van der Waals surface area contributed by atoms with Gasteiger partial charge in [-0.25, -0.2) is 4.79 Å². The second-order valence-corrected chi connectivity index (χ2v) is 7.13. The van der Waals surface area contributed by atoms with Crippen LogP contribution in [0.25, 0.3) is 20.2 Å². The first kappa shape index (κ1) is 17.2. The van der Waals surface area contributed by atoms with E-state index < -0.39 is 5.97 Å². The molecule has 2 aromatic carbocycles. The van der Waals surface area contributed by atoms with E-state index in [1.165, 1.54) is 28.6 Å². The number of carboxylic acids is 1. The van der Waals surface area contributed by atoms with E-state index in [9.17, 15) is 9.59 Å². The van der Waals surface area contributed by atoms with E-state index in [0.717, 1.165) is 32.0 Å². The van der Waals surface area contributed by atoms with Crippen LogP contribution in [-0.4, -0.2) is 26.1 Å². The van der Waals surface area contributed by atoms with E-state index in [-0.39, 0.29) is 5.69 Å². The molecule has 0 aliphatic heterocycles. The zero-order chi connectivity index (χ0) is 18.0. The molecule has 7 heteroatoms. The summed E-state index contributed by atoms with van der Waals surface area (Å²) in [5.74, 6) is -0.963. The third-order valence-electron chi connectivity index (χ3n) is 3.60. The van der Waals surface area contributed by atoms with E-state index in [1.54, 1.807) is 6.07 Å². The first-order valence-electron chi connectivity index (χ1n) is 7.40. The minimum Gasteiger partial charge on any atom is -0.476 e. The molecule has 0 atom stereocenters. The zero-order valence-electron chi connectivity index (χ0n) is 13.5. The standard InChI is InChI=1S/C9H7NO2S.C9H7NOS/c1-5-2-3-6-7(4-5)13-10-8(6)9(11)12;1-6-2-3-7-8(5-11)10-12-9(7)4-6/h2-4H,1H3,(H,11,12);2-5H,1H3. The van der Waals surface area contributed by atoms with Crippen LogP contribution in [0.1, 0.15) is 32.1 Å². The maximum atomic E-state index is 10.7. The summed E-state index contributed by atoms with van der Waals surface area (Å²) in [6.07, 6.45) is 0.800. The van der Waals surface area contributed by atoms with Crippen LogP contribution in [-0.2, 0) is 0 Å². The Morgan fingerprint density at radius 1 is 0.960 bits per heavy atom. The molecule has 1 N–H and O–H groups in total. The number of aromatic carboxylic acids is 1. The van der Waals surface area contributed by atoms with Gasteiger partial charge in [0, 0.05) is 10.8 Å². The summed E-state index contributed by atoms with van der Waals surface area (Å²) in [5, 5.41) is 10.5. The van der Waals surface area contributed by atoms with E-state index >= 15 is 0 Å². The lowest BCUT2D eigenvalue weighted by molar-refractivity contribution is 0.0694. The van der Waals surface area contributed by atoms with Gasteiger partial charge in [-0.2, -0.15) is 8.75 Å². The number of carbonyl (C=O) groups is 2. The van der Waals surface area contributed by atoms with Gasteiger partial charge in [-0.3, -0.25) is 4.79 Å². The van der Waals surface area contributed by atoms with Crippen LogP contribution in [0.5, 0.6) is 0 Å². The summed E-state index contributed by atoms with van der Waals surface area (Å²) >= 11 is 2.60. The second kappa shape index (κ2) is 7.08. The molecular weight excluding hydrogens is 356 g/mol. The highest BCUT2D eigenvalue weighted by molar-refractivity contribution is 7.13. The highest BCUT2D eigenvalue weighted by Crippen LogP contribution is 2.24. The average molecular weight is 370 g/mol. The van der Waals surface area contributed by atoms with Gasteiger partial charge in [-0.05, 0) is 60.2 Å². The van der Waals surface area contributed by atoms with E-state index in [4.69, 9.17) is 5.11 Å². The molecule has 0 fully saturated rings. The Morgan fingerprint density at radius 2 is 1.52 bits per heavy atom. The molecule has 5 nitrogen and oxygen atoms in total. The molecule has 4 aromatic rings. The van der Waals surface area contributed by atoms with Crippen LogP contribution in [0.2, 0.25) is 0 Å². The van der Waals surface area contributed by atoms with Crippen LogP contribution < -0.4 is 0 Å². The van der Waals surface area contributed by atoms with Gasteiger partial charge in [-0.15, -0.1) is 0 Å². The highest BCUT2D eigenvalue weighted by Gasteiger charge is 2.12. The Morgan fingerprint density at radius 3 is 2.12 bits per heavy atom. The third kappa shape index (κ3) is 3.57. The molecular formula is C18H14N2O3S2. The lowest BCUT2D eigenvalue weighted by atomic mass is 10.1. The summed E-state index contributed by atoms with van der Waals surface area (Å²) < 4.78 is 9.92. The smallest absolute Gasteiger partial charge is 0.356 e. The van der Waals surface area contributed by atoms with E-state index in [2.05, 4.69) is 8.75 Å². The Balaban J connectivity index is 0.000000146.